The van der Waals surface area contributed by atoms with Gasteiger partial charge in [-0.3, -0.25) is 14.5 Å². The van der Waals surface area contributed by atoms with Gasteiger partial charge in [-0.2, -0.15) is 0 Å². The number of nitrogens with zero attached hydrogens (tertiary/aromatic N) is 1. The second kappa shape index (κ2) is 10.6. The molecule has 166 valence electrons. The van der Waals surface area contributed by atoms with Gasteiger partial charge >= 0.3 is 11.0 Å². The zero-order valence-corrected chi connectivity index (χ0v) is 19.3. The number of carbonyl (C=O) groups excluding carboxylic acids is 2. The van der Waals surface area contributed by atoms with Crippen molar-refractivity contribution in [2.45, 2.75) is 78.0 Å². The molecule has 0 radical (unpaired) electrons. The molecule has 0 spiro atoms. The third-order valence-electron chi connectivity index (χ3n) is 4.43. The molecule has 2 aromatic rings. The first kappa shape index (κ1) is 23.9. The number of H-pyrrole nitrogens is 1. The second-order valence-corrected chi connectivity index (χ2v) is 9.14. The molecule has 1 saturated carbocycles. The predicted octanol–water partition coefficient (Wildman–Crippen LogP) is 4.28. The highest BCUT2D eigenvalue weighted by atomic mass is 32.1. The second-order valence-electron chi connectivity index (χ2n) is 8.13. The molecule has 1 aliphatic carbocycles. The number of ether oxygens (including phenoxy) is 1. The average molecular weight is 436 g/mol. The molecule has 8 heteroatoms. The minimum atomic E-state index is -0.517. The smallest absolute Gasteiger partial charge is 0.410 e. The van der Waals surface area contributed by atoms with Gasteiger partial charge in [0.15, 0.2) is 0 Å². The van der Waals surface area contributed by atoms with E-state index in [0.717, 1.165) is 35.9 Å². The van der Waals surface area contributed by atoms with Crippen LogP contribution in [0.25, 0.3) is 10.2 Å². The van der Waals surface area contributed by atoms with Crippen LogP contribution in [0, 0.1) is 0 Å². The maximum Gasteiger partial charge on any atom is 0.410 e. The van der Waals surface area contributed by atoms with Gasteiger partial charge in [0.2, 0.25) is 5.91 Å². The monoisotopic (exact) mass is 435 g/mol. The van der Waals surface area contributed by atoms with Crippen LogP contribution in [0.3, 0.4) is 0 Å². The number of hydrogen-bond donors (Lipinski definition) is 2. The van der Waals surface area contributed by atoms with E-state index in [1.807, 2.05) is 58.9 Å². The Balaban J connectivity index is 0.000000224. The summed E-state index contributed by atoms with van der Waals surface area (Å²) >= 11 is 1.24. The normalized spacial score (nSPS) is 18.0. The van der Waals surface area contributed by atoms with Crippen LogP contribution in [0.5, 0.6) is 0 Å². The molecule has 1 saturated heterocycles. The number of benzene rings is 1. The highest BCUT2D eigenvalue weighted by Gasteiger charge is 2.38. The van der Waals surface area contributed by atoms with Crippen LogP contribution >= 0.6 is 11.3 Å². The Morgan fingerprint density at radius 2 is 1.83 bits per heavy atom. The molecule has 0 bridgehead atoms. The van der Waals surface area contributed by atoms with Gasteiger partial charge in [-0.05, 0) is 58.6 Å². The molecule has 30 heavy (non-hydrogen) atoms. The van der Waals surface area contributed by atoms with Gasteiger partial charge < -0.3 is 15.0 Å². The van der Waals surface area contributed by atoms with Crippen molar-refractivity contribution in [3.63, 3.8) is 0 Å². The zero-order chi connectivity index (χ0) is 22.3. The lowest BCUT2D eigenvalue weighted by atomic mass is 10.2. The molecule has 2 amide bonds. The van der Waals surface area contributed by atoms with Gasteiger partial charge in [-0.25, -0.2) is 4.79 Å². The van der Waals surface area contributed by atoms with Crippen molar-refractivity contribution in [1.82, 2.24) is 15.2 Å². The molecule has 1 aliphatic heterocycles. The Labute approximate surface area is 181 Å². The highest BCUT2D eigenvalue weighted by Crippen LogP contribution is 2.24. The SMILES string of the molecule is CC.CC(C)(C)OC(=O)N1CCCC1C(=O)NC1CC1.O=c1[nH]c2ccccc2s1. The fourth-order valence-electron chi connectivity index (χ4n) is 3.00. The van der Waals surface area contributed by atoms with E-state index >= 15 is 0 Å². The van der Waals surface area contributed by atoms with Crippen LogP contribution in [-0.4, -0.2) is 46.1 Å². The molecule has 1 aromatic heterocycles. The van der Waals surface area contributed by atoms with Crippen LogP contribution in [0.15, 0.2) is 29.1 Å². The van der Waals surface area contributed by atoms with Gasteiger partial charge in [0.1, 0.15) is 11.6 Å². The Morgan fingerprint density at radius 1 is 1.17 bits per heavy atom. The van der Waals surface area contributed by atoms with Gasteiger partial charge in [0, 0.05) is 12.6 Å². The first-order valence-electron chi connectivity index (χ1n) is 10.6. The summed E-state index contributed by atoms with van der Waals surface area (Å²) in [5.74, 6) is -0.0270. The van der Waals surface area contributed by atoms with Crippen LogP contribution in [-0.2, 0) is 9.53 Å². The van der Waals surface area contributed by atoms with E-state index in [9.17, 15) is 14.4 Å². The van der Waals surface area contributed by atoms with E-state index in [1.165, 1.54) is 11.3 Å². The lowest BCUT2D eigenvalue weighted by molar-refractivity contribution is -0.125. The zero-order valence-electron chi connectivity index (χ0n) is 18.5. The van der Waals surface area contributed by atoms with E-state index in [-0.39, 0.29) is 22.9 Å². The summed E-state index contributed by atoms with van der Waals surface area (Å²) in [6.07, 6.45) is 3.34. The lowest BCUT2D eigenvalue weighted by Gasteiger charge is -2.28. The van der Waals surface area contributed by atoms with Crippen LogP contribution in [0.2, 0.25) is 0 Å². The molecule has 7 nitrogen and oxygen atoms in total. The third-order valence-corrected chi connectivity index (χ3v) is 5.30. The molecule has 2 aliphatic rings. The molecule has 2 N–H and O–H groups in total. The molecular weight excluding hydrogens is 402 g/mol. The Hall–Kier alpha value is -2.35. The minimum Gasteiger partial charge on any atom is -0.444 e. The minimum absolute atomic E-state index is 0.0150. The third kappa shape index (κ3) is 7.16. The predicted molar refractivity (Wildman–Crippen MR) is 121 cm³/mol. The summed E-state index contributed by atoms with van der Waals surface area (Å²) in [7, 11) is 0. The fraction of sp³-hybridized carbons (Fsp3) is 0.591. The maximum absolute atomic E-state index is 12.0. The summed E-state index contributed by atoms with van der Waals surface area (Å²) in [4.78, 5) is 39.1. The summed E-state index contributed by atoms with van der Waals surface area (Å²) < 4.78 is 6.35. The van der Waals surface area contributed by atoms with Crippen molar-refractivity contribution in [3.05, 3.63) is 33.9 Å². The van der Waals surface area contributed by atoms with E-state index in [4.69, 9.17) is 4.74 Å². The largest absolute Gasteiger partial charge is 0.444 e. The van der Waals surface area contributed by atoms with Crippen molar-refractivity contribution in [1.29, 1.82) is 0 Å². The lowest BCUT2D eigenvalue weighted by Crippen LogP contribution is -2.48. The molecule has 1 atom stereocenters. The summed E-state index contributed by atoms with van der Waals surface area (Å²) in [6, 6.07) is 7.64. The van der Waals surface area contributed by atoms with Crippen LogP contribution in [0.4, 0.5) is 4.79 Å². The Bertz CT molecular complexity index is 859. The van der Waals surface area contributed by atoms with Gasteiger partial charge in [-0.15, -0.1) is 0 Å². The van der Waals surface area contributed by atoms with Crippen LogP contribution in [0.1, 0.15) is 60.3 Å². The topological polar surface area (TPSA) is 91.5 Å². The standard InChI is InChI=1S/C13H22N2O3.C7H5NOS.C2H6/c1-13(2,3)18-12(17)15-8-4-5-10(15)11(16)14-9-6-7-9;9-7-8-5-3-1-2-4-6(5)10-7;1-2/h9-10H,4-8H2,1-3H3,(H,14,16);1-4H,(H,8,9);1-2H3. The Morgan fingerprint density at radius 3 is 2.43 bits per heavy atom. The highest BCUT2D eigenvalue weighted by molar-refractivity contribution is 7.16. The number of amides is 2. The number of para-hydroxylation sites is 1. The van der Waals surface area contributed by atoms with Gasteiger partial charge in [0.05, 0.1) is 10.2 Å². The first-order valence-corrected chi connectivity index (χ1v) is 11.4. The van der Waals surface area contributed by atoms with Crippen molar-refractivity contribution in [3.8, 4) is 0 Å². The number of nitrogens with one attached hydrogen (secondary N) is 2. The summed E-state index contributed by atoms with van der Waals surface area (Å²) in [6.45, 7) is 10.1. The molecule has 4 rings (SSSR count). The van der Waals surface area contributed by atoms with E-state index in [0.29, 0.717) is 12.6 Å². The number of carbonyl (C=O) groups is 2. The number of rotatable bonds is 2. The molecule has 1 aromatic carbocycles. The Kier molecular flexibility index (Phi) is 8.46. The van der Waals surface area contributed by atoms with E-state index < -0.39 is 5.60 Å². The number of aromatic nitrogens is 1. The fourth-order valence-corrected chi connectivity index (χ4v) is 3.73. The van der Waals surface area contributed by atoms with Gasteiger partial charge in [-0.1, -0.05) is 37.3 Å². The molecule has 2 heterocycles. The first-order chi connectivity index (χ1) is 14.2. The molecular formula is C22H33N3O4S. The number of fused-ring (bicyclic) bond motifs is 1. The summed E-state index contributed by atoms with van der Waals surface area (Å²) in [5.41, 5.74) is 0.412. The molecule has 1 unspecified atom stereocenters. The van der Waals surface area contributed by atoms with Crippen molar-refractivity contribution in [2.75, 3.05) is 6.54 Å². The molecule has 2 fully saturated rings. The quantitative estimate of drug-likeness (QED) is 0.736. The maximum atomic E-state index is 12.0. The number of aromatic amines is 1. The number of hydrogen-bond acceptors (Lipinski definition) is 5. The number of thiazole rings is 1. The van der Waals surface area contributed by atoms with Crippen molar-refractivity contribution in [2.24, 2.45) is 0 Å². The van der Waals surface area contributed by atoms with E-state index in [1.54, 1.807) is 4.90 Å². The van der Waals surface area contributed by atoms with Gasteiger partial charge in [0.25, 0.3) is 0 Å². The summed E-state index contributed by atoms with van der Waals surface area (Å²) in [5, 5.41) is 2.96. The number of likely N-dealkylation sites (tertiary alicyclic amines) is 1. The van der Waals surface area contributed by atoms with Crippen molar-refractivity contribution >= 4 is 33.6 Å². The van der Waals surface area contributed by atoms with E-state index in [2.05, 4.69) is 10.3 Å². The average Bonchev–Trinajstić information content (AvgIpc) is 3.20. The van der Waals surface area contributed by atoms with Crippen molar-refractivity contribution < 1.29 is 14.3 Å². The van der Waals surface area contributed by atoms with Crippen LogP contribution < -0.4 is 10.2 Å².